The maximum Gasteiger partial charge on any atom is 0.130 e. The lowest BCUT2D eigenvalue weighted by molar-refractivity contribution is 0.407. The highest BCUT2D eigenvalue weighted by Gasteiger charge is 2.04. The molecule has 0 aromatic heterocycles. The molecule has 0 saturated carbocycles. The average Bonchev–Trinajstić information content (AvgIpc) is 2.29. The number of benzene rings is 1. The van der Waals surface area contributed by atoms with Crippen molar-refractivity contribution in [1.82, 2.24) is 0 Å². The average molecular weight is 214 g/mol. The number of hydrogen-bond acceptors (Lipinski definition) is 1. The molecule has 0 heterocycles. The molecule has 1 rings (SSSR count). The van der Waals surface area contributed by atoms with Gasteiger partial charge in [-0.3, -0.25) is 0 Å². The molecule has 0 aliphatic carbocycles. The van der Waals surface area contributed by atoms with Gasteiger partial charge in [-0.1, -0.05) is 27.7 Å². The van der Waals surface area contributed by atoms with E-state index in [2.05, 4.69) is 0 Å². The molecule has 0 bridgehead atoms. The summed E-state index contributed by atoms with van der Waals surface area (Å²) in [6.07, 6.45) is 0. The molecule has 1 aromatic carbocycles. The minimum atomic E-state index is -0.207. The van der Waals surface area contributed by atoms with Crippen molar-refractivity contribution in [2.75, 3.05) is 7.11 Å². The van der Waals surface area contributed by atoms with Crippen molar-refractivity contribution in [3.05, 3.63) is 29.1 Å². The van der Waals surface area contributed by atoms with E-state index in [-0.39, 0.29) is 5.82 Å². The molecule has 0 unspecified atom stereocenters. The Bertz CT molecular complexity index is 269. The molecular weight excluding hydrogens is 191 g/mol. The zero-order valence-electron chi connectivity index (χ0n) is 10.9. The number of hydrogen-bond donors (Lipinski definition) is 0. The van der Waals surface area contributed by atoms with E-state index in [0.29, 0.717) is 11.3 Å². The molecule has 0 fully saturated rings. The van der Waals surface area contributed by atoms with Crippen LogP contribution in [0.25, 0.3) is 0 Å². The van der Waals surface area contributed by atoms with Crippen molar-refractivity contribution >= 4 is 0 Å². The lowest BCUT2D eigenvalue weighted by atomic mass is 10.1. The van der Waals surface area contributed by atoms with E-state index in [1.807, 2.05) is 40.7 Å². The summed E-state index contributed by atoms with van der Waals surface area (Å²) in [6, 6.07) is 3.32. The first-order valence-corrected chi connectivity index (χ1v) is 5.46. The molecule has 0 spiro atoms. The normalized spacial score (nSPS) is 8.00. The molecule has 1 aromatic rings. The Labute approximate surface area is 93.3 Å². The van der Waals surface area contributed by atoms with Crippen LogP contribution in [0.3, 0.4) is 0 Å². The van der Waals surface area contributed by atoms with E-state index < -0.39 is 0 Å². The summed E-state index contributed by atoms with van der Waals surface area (Å²) in [7, 11) is 1.54. The van der Waals surface area contributed by atoms with Crippen LogP contribution in [0.2, 0.25) is 0 Å². The molecule has 0 radical (unpaired) electrons. The summed E-state index contributed by atoms with van der Waals surface area (Å²) in [6.45, 7) is 11.5. The van der Waals surface area contributed by atoms with E-state index in [0.717, 1.165) is 5.56 Å². The third-order valence-electron chi connectivity index (χ3n) is 1.66. The van der Waals surface area contributed by atoms with Crippen LogP contribution in [0.15, 0.2) is 12.1 Å². The minimum Gasteiger partial charge on any atom is -0.496 e. The molecule has 0 amide bonds. The van der Waals surface area contributed by atoms with Gasteiger partial charge in [-0.2, -0.15) is 0 Å². The van der Waals surface area contributed by atoms with Crippen molar-refractivity contribution < 1.29 is 9.13 Å². The molecule has 0 atom stereocenters. The van der Waals surface area contributed by atoms with Crippen molar-refractivity contribution in [3.63, 3.8) is 0 Å². The largest absolute Gasteiger partial charge is 0.496 e. The molecule has 0 aliphatic rings. The van der Waals surface area contributed by atoms with Crippen LogP contribution >= 0.6 is 0 Å². The Balaban J connectivity index is 0. The summed E-state index contributed by atoms with van der Waals surface area (Å²) < 4.78 is 17.9. The predicted molar refractivity (Wildman–Crippen MR) is 65.1 cm³/mol. The first-order valence-electron chi connectivity index (χ1n) is 5.46. The lowest BCUT2D eigenvalue weighted by Crippen LogP contribution is -1.91. The van der Waals surface area contributed by atoms with Crippen molar-refractivity contribution in [2.45, 2.75) is 41.5 Å². The Morgan fingerprint density at radius 3 is 1.87 bits per heavy atom. The Morgan fingerprint density at radius 2 is 1.47 bits per heavy atom. The monoisotopic (exact) mass is 214 g/mol. The Kier molecular flexibility index (Phi) is 10.4. The number of methoxy groups -OCH3 is 1. The maximum atomic E-state index is 12.9. The van der Waals surface area contributed by atoms with E-state index in [1.54, 1.807) is 14.0 Å². The number of rotatable bonds is 1. The van der Waals surface area contributed by atoms with Crippen LogP contribution in [0.1, 0.15) is 38.8 Å². The second kappa shape index (κ2) is 9.50. The molecule has 2 heteroatoms. The zero-order valence-corrected chi connectivity index (χ0v) is 10.9. The lowest BCUT2D eigenvalue weighted by Gasteiger charge is -2.05. The number of halogens is 1. The molecule has 0 aliphatic heterocycles. The van der Waals surface area contributed by atoms with Crippen molar-refractivity contribution in [1.29, 1.82) is 0 Å². The van der Waals surface area contributed by atoms with Gasteiger partial charge in [0.1, 0.15) is 11.6 Å². The fourth-order valence-electron chi connectivity index (χ4n) is 0.995. The van der Waals surface area contributed by atoms with Gasteiger partial charge in [0.2, 0.25) is 0 Å². The van der Waals surface area contributed by atoms with E-state index >= 15 is 0 Å². The van der Waals surface area contributed by atoms with Crippen LogP contribution < -0.4 is 4.74 Å². The van der Waals surface area contributed by atoms with Gasteiger partial charge in [0.15, 0.2) is 0 Å². The smallest absolute Gasteiger partial charge is 0.130 e. The summed E-state index contributed by atoms with van der Waals surface area (Å²) in [5.41, 5.74) is 1.45. The standard InChI is InChI=1S/C9H11FO.2C2H6/c1-6-4-8(10)7(2)9(5-6)11-3;2*1-2/h4-5H,1-3H3;2*1-2H3. The van der Waals surface area contributed by atoms with Gasteiger partial charge in [0.25, 0.3) is 0 Å². The molecular formula is C13H23FO. The second-order valence-corrected chi connectivity index (χ2v) is 2.57. The maximum absolute atomic E-state index is 12.9. The first-order chi connectivity index (χ1) is 7.15. The third-order valence-corrected chi connectivity index (χ3v) is 1.66. The van der Waals surface area contributed by atoms with E-state index in [4.69, 9.17) is 4.74 Å². The van der Waals surface area contributed by atoms with Crippen LogP contribution in [0.5, 0.6) is 5.75 Å². The first kappa shape index (κ1) is 16.4. The highest BCUT2D eigenvalue weighted by atomic mass is 19.1. The number of aryl methyl sites for hydroxylation is 1. The highest BCUT2D eigenvalue weighted by Crippen LogP contribution is 2.21. The number of ether oxygens (including phenoxy) is 1. The van der Waals surface area contributed by atoms with Crippen LogP contribution in [0.4, 0.5) is 4.39 Å². The summed E-state index contributed by atoms with van der Waals surface area (Å²) in [4.78, 5) is 0. The quantitative estimate of drug-likeness (QED) is 0.668. The summed E-state index contributed by atoms with van der Waals surface area (Å²) >= 11 is 0. The van der Waals surface area contributed by atoms with Gasteiger partial charge in [-0.25, -0.2) is 4.39 Å². The minimum absolute atomic E-state index is 0.207. The predicted octanol–water partition coefficient (Wildman–Crippen LogP) is 4.50. The Hall–Kier alpha value is -1.05. The van der Waals surface area contributed by atoms with E-state index in [9.17, 15) is 4.39 Å². The Morgan fingerprint density at radius 1 is 1.00 bits per heavy atom. The van der Waals surface area contributed by atoms with Gasteiger partial charge in [0.05, 0.1) is 7.11 Å². The van der Waals surface area contributed by atoms with E-state index in [1.165, 1.54) is 6.07 Å². The molecule has 88 valence electrons. The van der Waals surface area contributed by atoms with Crippen molar-refractivity contribution in [3.8, 4) is 5.75 Å². The molecule has 15 heavy (non-hydrogen) atoms. The third kappa shape index (κ3) is 5.40. The molecule has 1 nitrogen and oxygen atoms in total. The molecule has 0 saturated heterocycles. The van der Waals surface area contributed by atoms with Gasteiger partial charge >= 0.3 is 0 Å². The van der Waals surface area contributed by atoms with Gasteiger partial charge in [0, 0.05) is 5.56 Å². The highest BCUT2D eigenvalue weighted by molar-refractivity contribution is 5.37. The van der Waals surface area contributed by atoms with Crippen LogP contribution in [-0.2, 0) is 0 Å². The second-order valence-electron chi connectivity index (χ2n) is 2.57. The zero-order chi connectivity index (χ0) is 12.4. The fourth-order valence-corrected chi connectivity index (χ4v) is 0.995. The van der Waals surface area contributed by atoms with Crippen LogP contribution in [0, 0.1) is 19.7 Å². The van der Waals surface area contributed by atoms with Gasteiger partial charge < -0.3 is 4.74 Å². The fraction of sp³-hybridized carbons (Fsp3) is 0.538. The van der Waals surface area contributed by atoms with Crippen molar-refractivity contribution in [2.24, 2.45) is 0 Å². The van der Waals surface area contributed by atoms with Gasteiger partial charge in [-0.05, 0) is 31.5 Å². The topological polar surface area (TPSA) is 9.23 Å². The summed E-state index contributed by atoms with van der Waals surface area (Å²) in [5.74, 6) is 0.407. The summed E-state index contributed by atoms with van der Waals surface area (Å²) in [5, 5.41) is 0. The van der Waals surface area contributed by atoms with Crippen LogP contribution in [-0.4, -0.2) is 7.11 Å². The molecule has 0 N–H and O–H groups in total. The van der Waals surface area contributed by atoms with Gasteiger partial charge in [-0.15, -0.1) is 0 Å². The SMILES string of the molecule is CC.CC.COc1cc(C)cc(F)c1C.